The van der Waals surface area contributed by atoms with Crippen molar-refractivity contribution in [3.05, 3.63) is 57.9 Å². The van der Waals surface area contributed by atoms with Gasteiger partial charge >= 0.3 is 5.97 Å². The van der Waals surface area contributed by atoms with Crippen molar-refractivity contribution in [2.45, 2.75) is 6.92 Å². The van der Waals surface area contributed by atoms with Gasteiger partial charge < -0.3 is 9.67 Å². The molecule has 0 spiro atoms. The Balaban J connectivity index is 2.48. The Hall–Kier alpha value is -2.07. The van der Waals surface area contributed by atoms with Gasteiger partial charge in [-0.15, -0.1) is 0 Å². The van der Waals surface area contributed by atoms with Gasteiger partial charge in [-0.1, -0.05) is 23.7 Å². The monoisotopic (exact) mass is 277 g/mol. The zero-order chi connectivity index (χ0) is 14.2. The van der Waals surface area contributed by atoms with E-state index in [1.54, 1.807) is 19.2 Å². The van der Waals surface area contributed by atoms with E-state index in [9.17, 15) is 9.59 Å². The summed E-state index contributed by atoms with van der Waals surface area (Å²) < 4.78 is 1.40. The SMILES string of the molecule is Cc1cccc(C(=O)c2cc(C(=O)O)n(C)c2)c1Cl. The Morgan fingerprint density at radius 1 is 1.32 bits per heavy atom. The van der Waals surface area contributed by atoms with E-state index >= 15 is 0 Å². The van der Waals surface area contributed by atoms with Crippen LogP contribution in [0.25, 0.3) is 0 Å². The molecule has 0 aliphatic carbocycles. The summed E-state index contributed by atoms with van der Waals surface area (Å²) in [5.74, 6) is -1.35. The first-order valence-electron chi connectivity index (χ1n) is 5.61. The molecule has 0 radical (unpaired) electrons. The lowest BCUT2D eigenvalue weighted by Gasteiger charge is -2.04. The van der Waals surface area contributed by atoms with Gasteiger partial charge in [-0.2, -0.15) is 0 Å². The second kappa shape index (κ2) is 4.90. The summed E-state index contributed by atoms with van der Waals surface area (Å²) in [6.45, 7) is 1.81. The summed E-state index contributed by atoms with van der Waals surface area (Å²) in [5.41, 5.74) is 1.56. The van der Waals surface area contributed by atoms with E-state index in [0.29, 0.717) is 16.1 Å². The van der Waals surface area contributed by atoms with Crippen LogP contribution in [0.1, 0.15) is 32.0 Å². The summed E-state index contributed by atoms with van der Waals surface area (Å²) in [4.78, 5) is 23.3. The quantitative estimate of drug-likeness (QED) is 0.878. The number of rotatable bonds is 3. The molecule has 0 saturated carbocycles. The lowest BCUT2D eigenvalue weighted by molar-refractivity contribution is 0.0686. The molecule has 0 saturated heterocycles. The highest BCUT2D eigenvalue weighted by Crippen LogP contribution is 2.23. The molecule has 0 aliphatic heterocycles. The number of hydrogen-bond acceptors (Lipinski definition) is 2. The summed E-state index contributed by atoms with van der Waals surface area (Å²) in [6, 6.07) is 6.54. The number of carbonyl (C=O) groups is 2. The molecule has 0 unspecified atom stereocenters. The summed E-state index contributed by atoms with van der Waals surface area (Å²) >= 11 is 6.10. The Kier molecular flexibility index (Phi) is 3.44. The van der Waals surface area contributed by atoms with Gasteiger partial charge in [0.05, 0.1) is 5.02 Å². The van der Waals surface area contributed by atoms with Gasteiger partial charge in [-0.25, -0.2) is 4.79 Å². The molecule has 19 heavy (non-hydrogen) atoms. The van der Waals surface area contributed by atoms with Crippen LogP contribution in [0.3, 0.4) is 0 Å². The van der Waals surface area contributed by atoms with Gasteiger partial charge in [0, 0.05) is 24.4 Å². The van der Waals surface area contributed by atoms with Crippen molar-refractivity contribution >= 4 is 23.4 Å². The van der Waals surface area contributed by atoms with Crippen molar-refractivity contribution in [2.75, 3.05) is 0 Å². The van der Waals surface area contributed by atoms with Gasteiger partial charge in [0.15, 0.2) is 5.78 Å². The highest BCUT2D eigenvalue weighted by Gasteiger charge is 2.18. The molecule has 0 bridgehead atoms. The van der Waals surface area contributed by atoms with E-state index in [-0.39, 0.29) is 11.5 Å². The third-order valence-corrected chi connectivity index (χ3v) is 3.42. The molecule has 1 aromatic carbocycles. The average molecular weight is 278 g/mol. The maximum atomic E-state index is 12.3. The van der Waals surface area contributed by atoms with Crippen molar-refractivity contribution in [1.29, 1.82) is 0 Å². The Morgan fingerprint density at radius 3 is 2.58 bits per heavy atom. The standard InChI is InChI=1S/C14H12ClNO3/c1-8-4-3-5-10(12(8)15)13(17)9-6-11(14(18)19)16(2)7-9/h3-7H,1-2H3,(H,18,19). The number of hydrogen-bond donors (Lipinski definition) is 1. The fourth-order valence-electron chi connectivity index (χ4n) is 1.88. The molecule has 0 aliphatic rings. The number of ketones is 1. The number of carboxylic acid groups (broad SMARTS) is 1. The van der Waals surface area contributed by atoms with Crippen molar-refractivity contribution in [3.63, 3.8) is 0 Å². The van der Waals surface area contributed by atoms with Gasteiger partial charge in [0.25, 0.3) is 0 Å². The molecule has 5 heteroatoms. The first kappa shape index (κ1) is 13.4. The summed E-state index contributed by atoms with van der Waals surface area (Å²) in [7, 11) is 1.58. The molecular formula is C14H12ClNO3. The first-order chi connectivity index (χ1) is 8.91. The number of aromatic carboxylic acids is 1. The molecule has 2 rings (SSSR count). The van der Waals surface area contributed by atoms with E-state index in [0.717, 1.165) is 5.56 Å². The minimum Gasteiger partial charge on any atom is -0.477 e. The molecule has 1 N–H and O–H groups in total. The first-order valence-corrected chi connectivity index (χ1v) is 5.99. The predicted molar refractivity (Wildman–Crippen MR) is 72.0 cm³/mol. The van der Waals surface area contributed by atoms with Crippen LogP contribution in [0.5, 0.6) is 0 Å². The van der Waals surface area contributed by atoms with E-state index < -0.39 is 5.97 Å². The maximum absolute atomic E-state index is 12.3. The number of carboxylic acids is 1. The molecule has 1 heterocycles. The fraction of sp³-hybridized carbons (Fsp3) is 0.143. The zero-order valence-electron chi connectivity index (χ0n) is 10.5. The molecule has 2 aromatic rings. The smallest absolute Gasteiger partial charge is 0.352 e. The van der Waals surface area contributed by atoms with Crippen molar-refractivity contribution in [2.24, 2.45) is 7.05 Å². The molecule has 1 aromatic heterocycles. The molecular weight excluding hydrogens is 266 g/mol. The third kappa shape index (κ3) is 2.39. The van der Waals surface area contributed by atoms with Crippen LogP contribution in [-0.4, -0.2) is 21.4 Å². The van der Waals surface area contributed by atoms with Gasteiger partial charge in [0.2, 0.25) is 0 Å². The van der Waals surface area contributed by atoms with E-state index in [1.807, 2.05) is 13.0 Å². The topological polar surface area (TPSA) is 59.3 Å². The van der Waals surface area contributed by atoms with Crippen molar-refractivity contribution in [1.82, 2.24) is 4.57 Å². The van der Waals surface area contributed by atoms with Crippen molar-refractivity contribution in [3.8, 4) is 0 Å². The zero-order valence-corrected chi connectivity index (χ0v) is 11.2. The minimum absolute atomic E-state index is 0.0622. The van der Waals surface area contributed by atoms with Crippen LogP contribution in [-0.2, 0) is 7.05 Å². The van der Waals surface area contributed by atoms with Crippen molar-refractivity contribution < 1.29 is 14.7 Å². The minimum atomic E-state index is -1.07. The summed E-state index contributed by atoms with van der Waals surface area (Å²) in [5, 5.41) is 9.37. The highest BCUT2D eigenvalue weighted by atomic mass is 35.5. The van der Waals surface area contributed by atoms with Crippen LogP contribution in [0.4, 0.5) is 0 Å². The van der Waals surface area contributed by atoms with E-state index in [1.165, 1.54) is 16.8 Å². The Labute approximate surface area is 115 Å². The number of aryl methyl sites for hydroxylation is 2. The Bertz CT molecular complexity index is 673. The number of nitrogens with zero attached hydrogens (tertiary/aromatic N) is 1. The van der Waals surface area contributed by atoms with Gasteiger partial charge in [-0.3, -0.25) is 4.79 Å². The number of carbonyl (C=O) groups excluding carboxylic acids is 1. The number of aromatic nitrogens is 1. The third-order valence-electron chi connectivity index (χ3n) is 2.92. The molecule has 0 amide bonds. The van der Waals surface area contributed by atoms with Crippen LogP contribution < -0.4 is 0 Å². The van der Waals surface area contributed by atoms with Crippen LogP contribution in [0.2, 0.25) is 5.02 Å². The lowest BCUT2D eigenvalue weighted by Crippen LogP contribution is -2.02. The van der Waals surface area contributed by atoms with E-state index in [4.69, 9.17) is 16.7 Å². The number of halogens is 1. The van der Waals surface area contributed by atoms with Gasteiger partial charge in [0.1, 0.15) is 5.69 Å². The van der Waals surface area contributed by atoms with Crippen LogP contribution >= 0.6 is 11.6 Å². The average Bonchev–Trinajstić information content (AvgIpc) is 2.74. The molecule has 0 fully saturated rings. The molecule has 4 nitrogen and oxygen atoms in total. The van der Waals surface area contributed by atoms with E-state index in [2.05, 4.69) is 0 Å². The highest BCUT2D eigenvalue weighted by molar-refractivity contribution is 6.35. The van der Waals surface area contributed by atoms with Crippen LogP contribution in [0, 0.1) is 6.92 Å². The largest absolute Gasteiger partial charge is 0.477 e. The maximum Gasteiger partial charge on any atom is 0.352 e. The Morgan fingerprint density at radius 2 is 2.00 bits per heavy atom. The fourth-order valence-corrected chi connectivity index (χ4v) is 2.09. The second-order valence-electron chi connectivity index (χ2n) is 4.30. The lowest BCUT2D eigenvalue weighted by atomic mass is 10.0. The molecule has 0 atom stereocenters. The predicted octanol–water partition coefficient (Wildman–Crippen LogP) is 2.92. The van der Waals surface area contributed by atoms with Gasteiger partial charge in [-0.05, 0) is 24.6 Å². The second-order valence-corrected chi connectivity index (χ2v) is 4.67. The normalized spacial score (nSPS) is 10.5. The summed E-state index contributed by atoms with van der Waals surface area (Å²) in [6.07, 6.45) is 1.49. The van der Waals surface area contributed by atoms with Crippen LogP contribution in [0.15, 0.2) is 30.5 Å². The molecule has 98 valence electrons. The number of benzene rings is 1.